The number of hydrogen-bond donors (Lipinski definition) is 0. The molecule has 0 spiro atoms. The molecule has 2 aromatic heterocycles. The molecule has 2 heterocycles. The van der Waals surface area contributed by atoms with Gasteiger partial charge in [-0.05, 0) is 56.7 Å². The predicted octanol–water partition coefficient (Wildman–Crippen LogP) is 5.89. The quantitative estimate of drug-likeness (QED) is 0.420. The first-order chi connectivity index (χ1) is 14.5. The zero-order chi connectivity index (χ0) is 21.3. The van der Waals surface area contributed by atoms with Gasteiger partial charge in [0.1, 0.15) is 17.0 Å². The minimum Gasteiger partial charge on any atom is -0.461 e. The van der Waals surface area contributed by atoms with Gasteiger partial charge in [-0.15, -0.1) is 11.3 Å². The van der Waals surface area contributed by atoms with E-state index in [9.17, 15) is 9.59 Å². The van der Waals surface area contributed by atoms with E-state index in [1.807, 2.05) is 24.3 Å². The van der Waals surface area contributed by atoms with Crippen LogP contribution in [0.15, 0.2) is 39.9 Å². The van der Waals surface area contributed by atoms with Gasteiger partial charge in [-0.25, -0.2) is 9.78 Å². The number of rotatable bonds is 5. The molecule has 1 unspecified atom stereocenters. The number of ether oxygens (including phenoxy) is 1. The number of carbonyl (C=O) groups excluding carboxylic acids is 1. The molecule has 1 saturated carbocycles. The topological polar surface area (TPSA) is 61.2 Å². The first kappa shape index (κ1) is 21.2. The lowest BCUT2D eigenvalue weighted by Crippen LogP contribution is -2.32. The van der Waals surface area contributed by atoms with Crippen LogP contribution in [0.2, 0.25) is 0 Å². The third-order valence-electron chi connectivity index (χ3n) is 5.76. The number of aryl methyl sites for hydroxylation is 1. The Hall–Kier alpha value is -1.99. The van der Waals surface area contributed by atoms with E-state index in [0.29, 0.717) is 10.2 Å². The Labute approximate surface area is 188 Å². The van der Waals surface area contributed by atoms with Crippen molar-refractivity contribution in [3.05, 3.63) is 50.3 Å². The van der Waals surface area contributed by atoms with Crippen LogP contribution < -0.4 is 5.56 Å². The third kappa shape index (κ3) is 4.10. The molecule has 1 fully saturated rings. The highest BCUT2D eigenvalue weighted by atomic mass is 79.9. The Morgan fingerprint density at radius 1 is 1.27 bits per heavy atom. The molecule has 0 radical (unpaired) electrons. The van der Waals surface area contributed by atoms with Gasteiger partial charge in [-0.2, -0.15) is 0 Å². The van der Waals surface area contributed by atoms with Crippen molar-refractivity contribution in [3.8, 4) is 11.1 Å². The molecule has 0 saturated heterocycles. The number of nitrogens with zero attached hydrogens (tertiary/aromatic N) is 2. The minimum atomic E-state index is -0.709. The van der Waals surface area contributed by atoms with Crippen molar-refractivity contribution in [1.29, 1.82) is 0 Å². The first-order valence-corrected chi connectivity index (χ1v) is 12.1. The normalized spacial score (nSPS) is 16.0. The SMILES string of the molecule is CCc1sc2ncn(C(C)C(=O)OC3CCCCC3)c(=O)c2c1-c1ccc(Br)cc1. The molecule has 5 nitrogen and oxygen atoms in total. The molecular formula is C23H25BrN2O3S. The monoisotopic (exact) mass is 488 g/mol. The minimum absolute atomic E-state index is 0.0349. The molecule has 1 atom stereocenters. The molecule has 4 rings (SSSR count). The molecule has 1 aliphatic rings. The van der Waals surface area contributed by atoms with Crippen LogP contribution in [0, 0.1) is 0 Å². The number of aromatic nitrogens is 2. The summed E-state index contributed by atoms with van der Waals surface area (Å²) < 4.78 is 8.10. The van der Waals surface area contributed by atoms with Gasteiger partial charge >= 0.3 is 5.97 Å². The molecule has 7 heteroatoms. The molecule has 30 heavy (non-hydrogen) atoms. The molecule has 1 aliphatic carbocycles. The molecule has 3 aromatic rings. The van der Waals surface area contributed by atoms with E-state index in [1.54, 1.807) is 18.3 Å². The fourth-order valence-corrected chi connectivity index (χ4v) is 5.41. The zero-order valence-electron chi connectivity index (χ0n) is 17.2. The highest BCUT2D eigenvalue weighted by Crippen LogP contribution is 2.37. The van der Waals surface area contributed by atoms with E-state index in [2.05, 4.69) is 27.8 Å². The van der Waals surface area contributed by atoms with Crippen LogP contribution in [0.25, 0.3) is 21.3 Å². The Balaban J connectivity index is 1.74. The van der Waals surface area contributed by atoms with Crippen LogP contribution in [0.1, 0.15) is 56.9 Å². The van der Waals surface area contributed by atoms with Crippen LogP contribution in [-0.2, 0) is 16.0 Å². The van der Waals surface area contributed by atoms with Crippen LogP contribution in [0.5, 0.6) is 0 Å². The first-order valence-electron chi connectivity index (χ1n) is 10.5. The van der Waals surface area contributed by atoms with Crippen LogP contribution in [0.3, 0.4) is 0 Å². The summed E-state index contributed by atoms with van der Waals surface area (Å²) in [6, 6.07) is 7.23. The third-order valence-corrected chi connectivity index (χ3v) is 7.53. The lowest BCUT2D eigenvalue weighted by atomic mass is 9.98. The largest absolute Gasteiger partial charge is 0.461 e. The average Bonchev–Trinajstić information content (AvgIpc) is 3.14. The van der Waals surface area contributed by atoms with E-state index in [0.717, 1.165) is 52.6 Å². The summed E-state index contributed by atoms with van der Waals surface area (Å²) in [6.45, 7) is 3.79. The van der Waals surface area contributed by atoms with Gasteiger partial charge in [0.25, 0.3) is 5.56 Å². The van der Waals surface area contributed by atoms with Crippen molar-refractivity contribution < 1.29 is 9.53 Å². The standard InChI is InChI=1S/C23H25BrN2O3S/c1-3-18-19(15-9-11-16(24)12-10-15)20-21(30-18)25-13-26(22(20)27)14(2)23(28)29-17-7-5-4-6-8-17/h9-14,17H,3-8H2,1-2H3. The lowest BCUT2D eigenvalue weighted by Gasteiger charge is -2.24. The Kier molecular flexibility index (Phi) is 6.39. The Morgan fingerprint density at radius 3 is 2.63 bits per heavy atom. The molecular weight excluding hydrogens is 464 g/mol. The van der Waals surface area contributed by atoms with Crippen LogP contribution >= 0.6 is 27.3 Å². The van der Waals surface area contributed by atoms with E-state index < -0.39 is 6.04 Å². The van der Waals surface area contributed by atoms with Crippen molar-refractivity contribution >= 4 is 43.5 Å². The summed E-state index contributed by atoms with van der Waals surface area (Å²) in [5, 5.41) is 0.582. The fraction of sp³-hybridized carbons (Fsp3) is 0.435. The summed E-state index contributed by atoms with van der Waals surface area (Å²) in [4.78, 5) is 32.6. The number of halogens is 1. The number of hydrogen-bond acceptors (Lipinski definition) is 5. The maximum atomic E-state index is 13.5. The van der Waals surface area contributed by atoms with Gasteiger partial charge < -0.3 is 4.74 Å². The second-order valence-corrected chi connectivity index (χ2v) is 9.77. The maximum absolute atomic E-state index is 13.5. The smallest absolute Gasteiger partial charge is 0.329 e. The van der Waals surface area contributed by atoms with E-state index in [1.165, 1.54) is 17.3 Å². The molecule has 0 amide bonds. The van der Waals surface area contributed by atoms with Gasteiger partial charge in [0.05, 0.1) is 11.7 Å². The second kappa shape index (κ2) is 9.02. The molecule has 0 bridgehead atoms. The van der Waals surface area contributed by atoms with Crippen LogP contribution in [-0.4, -0.2) is 21.6 Å². The van der Waals surface area contributed by atoms with E-state index in [4.69, 9.17) is 4.74 Å². The van der Waals surface area contributed by atoms with Crippen LogP contribution in [0.4, 0.5) is 0 Å². The van der Waals surface area contributed by atoms with E-state index in [-0.39, 0.29) is 17.6 Å². The number of esters is 1. The van der Waals surface area contributed by atoms with Gasteiger partial charge in [0.2, 0.25) is 0 Å². The maximum Gasteiger partial charge on any atom is 0.329 e. The zero-order valence-corrected chi connectivity index (χ0v) is 19.6. The summed E-state index contributed by atoms with van der Waals surface area (Å²) >= 11 is 5.01. The Morgan fingerprint density at radius 2 is 1.97 bits per heavy atom. The van der Waals surface area contributed by atoms with Gasteiger partial charge in [0.15, 0.2) is 0 Å². The molecule has 0 aliphatic heterocycles. The summed E-state index contributed by atoms with van der Waals surface area (Å²) in [5.74, 6) is -0.360. The van der Waals surface area contributed by atoms with E-state index >= 15 is 0 Å². The number of carbonyl (C=O) groups is 1. The number of thiophene rings is 1. The van der Waals surface area contributed by atoms with Crippen molar-refractivity contribution in [3.63, 3.8) is 0 Å². The van der Waals surface area contributed by atoms with Gasteiger partial charge in [-0.3, -0.25) is 9.36 Å². The highest BCUT2D eigenvalue weighted by Gasteiger charge is 2.26. The average molecular weight is 489 g/mol. The summed E-state index contributed by atoms with van der Waals surface area (Å²) in [6.07, 6.45) is 7.44. The fourth-order valence-electron chi connectivity index (χ4n) is 4.06. The number of fused-ring (bicyclic) bond motifs is 1. The van der Waals surface area contributed by atoms with Crippen molar-refractivity contribution in [2.75, 3.05) is 0 Å². The molecule has 1 aromatic carbocycles. The predicted molar refractivity (Wildman–Crippen MR) is 124 cm³/mol. The Bertz CT molecular complexity index is 1110. The second-order valence-electron chi connectivity index (χ2n) is 7.77. The van der Waals surface area contributed by atoms with Gasteiger partial charge in [0, 0.05) is 14.9 Å². The molecule has 0 N–H and O–H groups in total. The van der Waals surface area contributed by atoms with Crippen molar-refractivity contribution in [2.24, 2.45) is 0 Å². The summed E-state index contributed by atoms with van der Waals surface area (Å²) in [5.41, 5.74) is 1.71. The lowest BCUT2D eigenvalue weighted by molar-refractivity contribution is -0.154. The molecule has 158 valence electrons. The summed E-state index contributed by atoms with van der Waals surface area (Å²) in [7, 11) is 0. The van der Waals surface area contributed by atoms with Crippen molar-refractivity contribution in [2.45, 2.75) is 64.5 Å². The highest BCUT2D eigenvalue weighted by molar-refractivity contribution is 9.10. The van der Waals surface area contributed by atoms with Crippen molar-refractivity contribution in [1.82, 2.24) is 9.55 Å². The van der Waals surface area contributed by atoms with Gasteiger partial charge in [-0.1, -0.05) is 41.4 Å². The number of benzene rings is 1.